The van der Waals surface area contributed by atoms with Gasteiger partial charge >= 0.3 is 0 Å². The van der Waals surface area contributed by atoms with Crippen molar-refractivity contribution in [1.29, 1.82) is 0 Å². The zero-order valence-corrected chi connectivity index (χ0v) is 11.4. The normalized spacial score (nSPS) is 22.8. The monoisotopic (exact) mass is 265 g/mol. The van der Waals surface area contributed by atoms with Crippen LogP contribution in [0, 0.1) is 5.92 Å². The molecule has 3 N–H and O–H groups in total. The van der Waals surface area contributed by atoms with Crippen LogP contribution in [0.2, 0.25) is 0 Å². The minimum atomic E-state index is -0.461. The van der Waals surface area contributed by atoms with Crippen molar-refractivity contribution in [3.63, 3.8) is 0 Å². The van der Waals surface area contributed by atoms with E-state index in [1.807, 2.05) is 24.3 Å². The summed E-state index contributed by atoms with van der Waals surface area (Å²) in [5.74, 6) is 0.901. The number of rotatable bonds is 5. The molecule has 1 heterocycles. The SMILES string of the molecule is COc1cccc(C(CN)C(O)C2CCCOC2)c1. The number of methoxy groups -OCH3 is 1. The number of aliphatic hydroxyl groups is 1. The van der Waals surface area contributed by atoms with E-state index in [2.05, 4.69) is 0 Å². The third kappa shape index (κ3) is 3.47. The highest BCUT2D eigenvalue weighted by atomic mass is 16.5. The van der Waals surface area contributed by atoms with E-state index >= 15 is 0 Å². The summed E-state index contributed by atoms with van der Waals surface area (Å²) in [6.07, 6.45) is 1.55. The molecule has 1 aliphatic rings. The molecular formula is C15H23NO3. The second kappa shape index (κ2) is 6.89. The lowest BCUT2D eigenvalue weighted by molar-refractivity contribution is -0.0184. The summed E-state index contributed by atoms with van der Waals surface area (Å²) >= 11 is 0. The largest absolute Gasteiger partial charge is 0.497 e. The number of ether oxygens (including phenoxy) is 2. The Balaban J connectivity index is 2.13. The molecule has 1 aromatic carbocycles. The summed E-state index contributed by atoms with van der Waals surface area (Å²) in [5, 5.41) is 10.5. The highest BCUT2D eigenvalue weighted by Crippen LogP contribution is 2.30. The van der Waals surface area contributed by atoms with Crippen LogP contribution in [0.15, 0.2) is 24.3 Å². The van der Waals surface area contributed by atoms with Gasteiger partial charge in [0.15, 0.2) is 0 Å². The molecule has 1 saturated heterocycles. The minimum absolute atomic E-state index is 0.0678. The van der Waals surface area contributed by atoms with Crippen molar-refractivity contribution in [2.45, 2.75) is 24.9 Å². The first-order valence-electron chi connectivity index (χ1n) is 6.86. The van der Waals surface area contributed by atoms with E-state index in [9.17, 15) is 5.11 Å². The van der Waals surface area contributed by atoms with Gasteiger partial charge in [-0.3, -0.25) is 0 Å². The van der Waals surface area contributed by atoms with E-state index in [1.165, 1.54) is 0 Å². The van der Waals surface area contributed by atoms with Gasteiger partial charge in [-0.2, -0.15) is 0 Å². The van der Waals surface area contributed by atoms with E-state index in [0.29, 0.717) is 13.2 Å². The van der Waals surface area contributed by atoms with Crippen LogP contribution < -0.4 is 10.5 Å². The molecule has 3 unspecified atom stereocenters. The van der Waals surface area contributed by atoms with Crippen molar-refractivity contribution >= 4 is 0 Å². The minimum Gasteiger partial charge on any atom is -0.497 e. The summed E-state index contributed by atoms with van der Waals surface area (Å²) in [4.78, 5) is 0. The van der Waals surface area contributed by atoms with Crippen LogP contribution in [0.5, 0.6) is 5.75 Å². The Morgan fingerprint density at radius 3 is 3.00 bits per heavy atom. The van der Waals surface area contributed by atoms with Crippen LogP contribution in [-0.2, 0) is 4.74 Å². The van der Waals surface area contributed by atoms with Crippen LogP contribution in [0.3, 0.4) is 0 Å². The fraction of sp³-hybridized carbons (Fsp3) is 0.600. The molecule has 0 saturated carbocycles. The Kier molecular flexibility index (Phi) is 5.19. The lowest BCUT2D eigenvalue weighted by atomic mass is 9.83. The fourth-order valence-electron chi connectivity index (χ4n) is 2.71. The van der Waals surface area contributed by atoms with E-state index in [0.717, 1.165) is 30.8 Å². The van der Waals surface area contributed by atoms with Crippen molar-refractivity contribution in [1.82, 2.24) is 0 Å². The molecule has 19 heavy (non-hydrogen) atoms. The molecule has 4 heteroatoms. The fourth-order valence-corrected chi connectivity index (χ4v) is 2.71. The van der Waals surface area contributed by atoms with E-state index in [-0.39, 0.29) is 11.8 Å². The molecule has 0 amide bonds. The maximum Gasteiger partial charge on any atom is 0.119 e. The van der Waals surface area contributed by atoms with Gasteiger partial charge in [0.25, 0.3) is 0 Å². The van der Waals surface area contributed by atoms with E-state index < -0.39 is 6.10 Å². The molecule has 0 aliphatic carbocycles. The van der Waals surface area contributed by atoms with Crippen molar-refractivity contribution in [2.24, 2.45) is 11.7 Å². The van der Waals surface area contributed by atoms with Gasteiger partial charge in [-0.25, -0.2) is 0 Å². The third-order valence-corrected chi connectivity index (χ3v) is 3.87. The van der Waals surface area contributed by atoms with Crippen molar-refractivity contribution < 1.29 is 14.6 Å². The Bertz CT molecular complexity index is 391. The smallest absolute Gasteiger partial charge is 0.119 e. The molecule has 4 nitrogen and oxygen atoms in total. The molecule has 3 atom stereocenters. The summed E-state index contributed by atoms with van der Waals surface area (Å²) < 4.78 is 10.7. The average molecular weight is 265 g/mol. The van der Waals surface area contributed by atoms with Crippen LogP contribution in [0.25, 0.3) is 0 Å². The molecule has 0 aromatic heterocycles. The first-order chi connectivity index (χ1) is 9.26. The number of benzene rings is 1. The molecule has 0 bridgehead atoms. The van der Waals surface area contributed by atoms with Gasteiger partial charge in [-0.05, 0) is 30.5 Å². The lowest BCUT2D eigenvalue weighted by Gasteiger charge is -2.32. The maximum atomic E-state index is 10.5. The molecule has 2 rings (SSSR count). The van der Waals surface area contributed by atoms with Gasteiger partial charge in [0.2, 0.25) is 0 Å². The molecule has 1 aliphatic heterocycles. The number of aliphatic hydroxyl groups excluding tert-OH is 1. The summed E-state index contributed by atoms with van der Waals surface area (Å²) in [7, 11) is 1.64. The van der Waals surface area contributed by atoms with Crippen LogP contribution in [0.4, 0.5) is 0 Å². The van der Waals surface area contributed by atoms with Crippen molar-refractivity contribution in [2.75, 3.05) is 26.9 Å². The Morgan fingerprint density at radius 2 is 2.37 bits per heavy atom. The number of hydrogen-bond donors (Lipinski definition) is 2. The predicted octanol–water partition coefficient (Wildman–Crippen LogP) is 1.52. The molecule has 0 radical (unpaired) electrons. The predicted molar refractivity (Wildman–Crippen MR) is 74.3 cm³/mol. The van der Waals surface area contributed by atoms with E-state index in [4.69, 9.17) is 15.2 Å². The van der Waals surface area contributed by atoms with Gasteiger partial charge in [0, 0.05) is 25.0 Å². The van der Waals surface area contributed by atoms with Gasteiger partial charge < -0.3 is 20.3 Å². The standard InChI is InChI=1S/C15H23NO3/c1-18-13-6-2-4-11(8-13)14(9-16)15(17)12-5-3-7-19-10-12/h2,4,6,8,12,14-15,17H,3,5,7,9-10,16H2,1H3. The summed E-state index contributed by atoms with van der Waals surface area (Å²) in [5.41, 5.74) is 6.89. The maximum absolute atomic E-state index is 10.5. The zero-order chi connectivity index (χ0) is 13.7. The molecule has 1 aromatic rings. The molecule has 1 fully saturated rings. The zero-order valence-electron chi connectivity index (χ0n) is 11.4. The summed E-state index contributed by atoms with van der Waals surface area (Å²) in [6, 6.07) is 7.77. The lowest BCUT2D eigenvalue weighted by Crippen LogP contribution is -2.36. The highest BCUT2D eigenvalue weighted by molar-refractivity contribution is 5.31. The molecule has 106 valence electrons. The number of nitrogens with two attached hydrogens (primary N) is 1. The second-order valence-corrected chi connectivity index (χ2v) is 5.09. The van der Waals surface area contributed by atoms with Crippen LogP contribution in [0.1, 0.15) is 24.3 Å². The average Bonchev–Trinajstić information content (AvgIpc) is 2.49. The Hall–Kier alpha value is -1.10. The quantitative estimate of drug-likeness (QED) is 0.847. The topological polar surface area (TPSA) is 64.7 Å². The highest BCUT2D eigenvalue weighted by Gasteiger charge is 2.29. The van der Waals surface area contributed by atoms with Crippen molar-refractivity contribution in [3.8, 4) is 5.75 Å². The Labute approximate surface area is 114 Å². The molecule has 0 spiro atoms. The third-order valence-electron chi connectivity index (χ3n) is 3.87. The van der Waals surface area contributed by atoms with Gasteiger partial charge in [-0.15, -0.1) is 0 Å². The first-order valence-corrected chi connectivity index (χ1v) is 6.86. The van der Waals surface area contributed by atoms with Crippen molar-refractivity contribution in [3.05, 3.63) is 29.8 Å². The Morgan fingerprint density at radius 1 is 1.53 bits per heavy atom. The van der Waals surface area contributed by atoms with E-state index in [1.54, 1.807) is 7.11 Å². The van der Waals surface area contributed by atoms with Gasteiger partial charge in [0.1, 0.15) is 5.75 Å². The van der Waals surface area contributed by atoms with Gasteiger partial charge in [0.05, 0.1) is 19.8 Å². The van der Waals surface area contributed by atoms with Gasteiger partial charge in [-0.1, -0.05) is 12.1 Å². The second-order valence-electron chi connectivity index (χ2n) is 5.09. The molecular weight excluding hydrogens is 242 g/mol. The summed E-state index contributed by atoms with van der Waals surface area (Å²) in [6.45, 7) is 1.85. The number of hydrogen-bond acceptors (Lipinski definition) is 4. The first kappa shape index (κ1) is 14.3. The van der Waals surface area contributed by atoms with Crippen LogP contribution >= 0.6 is 0 Å². The van der Waals surface area contributed by atoms with Crippen LogP contribution in [-0.4, -0.2) is 38.1 Å².